The maximum atomic E-state index is 9.29. The van der Waals surface area contributed by atoms with Gasteiger partial charge >= 0.3 is 0 Å². The van der Waals surface area contributed by atoms with Gasteiger partial charge in [-0.1, -0.05) is 39.0 Å². The summed E-state index contributed by atoms with van der Waals surface area (Å²) in [6.45, 7) is 7.24. The summed E-state index contributed by atoms with van der Waals surface area (Å²) < 4.78 is 11.2. The topological polar surface area (TPSA) is 75.1 Å². The summed E-state index contributed by atoms with van der Waals surface area (Å²) in [6, 6.07) is 0. The summed E-state index contributed by atoms with van der Waals surface area (Å²) in [6.07, 6.45) is 10.5. The quantitative estimate of drug-likeness (QED) is 0.234. The van der Waals surface area contributed by atoms with E-state index in [1.54, 1.807) is 7.05 Å². The molecule has 0 saturated carbocycles. The highest BCUT2D eigenvalue weighted by molar-refractivity contribution is 5.79. The second kappa shape index (κ2) is 15.2. The van der Waals surface area contributed by atoms with Gasteiger partial charge in [-0.15, -0.1) is 0 Å². The monoisotopic (exact) mass is 371 g/mol. The van der Waals surface area contributed by atoms with Gasteiger partial charge in [-0.25, -0.2) is 0 Å². The first-order chi connectivity index (χ1) is 12.8. The zero-order valence-electron chi connectivity index (χ0n) is 17.0. The molecule has 0 aliphatic carbocycles. The Morgan fingerprint density at radius 3 is 2.58 bits per heavy atom. The van der Waals surface area contributed by atoms with Crippen LogP contribution in [0.3, 0.4) is 0 Å². The van der Waals surface area contributed by atoms with Gasteiger partial charge < -0.3 is 25.2 Å². The van der Waals surface area contributed by atoms with E-state index in [-0.39, 0.29) is 12.0 Å². The molecular weight excluding hydrogens is 330 g/mol. The van der Waals surface area contributed by atoms with Gasteiger partial charge in [0.2, 0.25) is 0 Å². The van der Waals surface area contributed by atoms with Crippen molar-refractivity contribution in [2.45, 2.75) is 64.7 Å². The molecule has 1 rings (SSSR count). The fourth-order valence-electron chi connectivity index (χ4n) is 3.27. The Hall–Kier alpha value is -0.850. The number of hydrogen-bond donors (Lipinski definition) is 3. The lowest BCUT2D eigenvalue weighted by Gasteiger charge is -2.27. The average molecular weight is 372 g/mol. The average Bonchev–Trinajstić information content (AvgIpc) is 3.11. The Bertz CT molecular complexity index is 358. The number of rotatable bonds is 15. The molecule has 0 aromatic heterocycles. The lowest BCUT2D eigenvalue weighted by Crippen LogP contribution is -2.44. The van der Waals surface area contributed by atoms with Crippen molar-refractivity contribution in [2.24, 2.45) is 10.4 Å². The van der Waals surface area contributed by atoms with Gasteiger partial charge in [0.1, 0.15) is 0 Å². The van der Waals surface area contributed by atoms with E-state index in [4.69, 9.17) is 9.47 Å². The first-order valence-corrected chi connectivity index (χ1v) is 10.5. The van der Waals surface area contributed by atoms with E-state index in [0.717, 1.165) is 58.1 Å². The van der Waals surface area contributed by atoms with Crippen LogP contribution in [-0.4, -0.2) is 64.2 Å². The standard InChI is InChI=1S/C20H41N3O3/c1-3-4-5-6-7-8-14-25-15-9-12-22-19(21-2)23-17-20(10-13-24)11-16-26-18-20/h24H,3-18H2,1-2H3,(H2,21,22,23). The van der Waals surface area contributed by atoms with Crippen LogP contribution in [0.15, 0.2) is 4.99 Å². The zero-order valence-corrected chi connectivity index (χ0v) is 17.0. The van der Waals surface area contributed by atoms with Crippen molar-refractivity contribution in [3.8, 4) is 0 Å². The van der Waals surface area contributed by atoms with E-state index >= 15 is 0 Å². The molecule has 0 radical (unpaired) electrons. The van der Waals surface area contributed by atoms with Gasteiger partial charge in [-0.2, -0.15) is 0 Å². The normalized spacial score (nSPS) is 20.5. The number of aliphatic imine (C=N–C) groups is 1. The summed E-state index contributed by atoms with van der Waals surface area (Å²) in [5, 5.41) is 16.0. The van der Waals surface area contributed by atoms with Crippen molar-refractivity contribution in [3.63, 3.8) is 0 Å². The van der Waals surface area contributed by atoms with Crippen molar-refractivity contribution in [1.29, 1.82) is 0 Å². The van der Waals surface area contributed by atoms with Crippen LogP contribution in [0.2, 0.25) is 0 Å². The molecule has 1 aliphatic heterocycles. The molecule has 0 aromatic rings. The summed E-state index contributed by atoms with van der Waals surface area (Å²) in [4.78, 5) is 4.27. The summed E-state index contributed by atoms with van der Waals surface area (Å²) in [5.41, 5.74) is 0.0343. The van der Waals surface area contributed by atoms with Crippen LogP contribution in [0.1, 0.15) is 64.7 Å². The Labute approximate surface area is 160 Å². The summed E-state index contributed by atoms with van der Waals surface area (Å²) in [7, 11) is 1.79. The molecule has 0 bridgehead atoms. The Morgan fingerprint density at radius 1 is 1.12 bits per heavy atom. The number of nitrogens with one attached hydrogen (secondary N) is 2. The molecule has 1 saturated heterocycles. The molecular formula is C20H41N3O3. The summed E-state index contributed by atoms with van der Waals surface area (Å²) >= 11 is 0. The van der Waals surface area contributed by atoms with Crippen molar-refractivity contribution < 1.29 is 14.6 Å². The number of aliphatic hydroxyl groups excluding tert-OH is 1. The smallest absolute Gasteiger partial charge is 0.190 e. The molecule has 0 aromatic carbocycles. The number of ether oxygens (including phenoxy) is 2. The maximum Gasteiger partial charge on any atom is 0.190 e. The minimum absolute atomic E-state index is 0.0343. The Balaban J connectivity index is 2.01. The highest BCUT2D eigenvalue weighted by atomic mass is 16.5. The van der Waals surface area contributed by atoms with Crippen LogP contribution < -0.4 is 10.6 Å². The molecule has 1 fully saturated rings. The lowest BCUT2D eigenvalue weighted by molar-refractivity contribution is 0.126. The lowest BCUT2D eigenvalue weighted by atomic mass is 9.84. The first-order valence-electron chi connectivity index (χ1n) is 10.5. The second-order valence-electron chi connectivity index (χ2n) is 7.36. The van der Waals surface area contributed by atoms with E-state index in [1.165, 1.54) is 38.5 Å². The first kappa shape index (κ1) is 23.2. The molecule has 26 heavy (non-hydrogen) atoms. The molecule has 0 amide bonds. The fraction of sp³-hybridized carbons (Fsp3) is 0.950. The van der Waals surface area contributed by atoms with E-state index in [0.29, 0.717) is 6.61 Å². The van der Waals surface area contributed by atoms with Gasteiger partial charge in [0.15, 0.2) is 5.96 Å². The van der Waals surface area contributed by atoms with Gasteiger partial charge in [-0.05, 0) is 25.7 Å². The van der Waals surface area contributed by atoms with E-state index in [1.807, 2.05) is 0 Å². The van der Waals surface area contributed by atoms with Crippen LogP contribution in [0.5, 0.6) is 0 Å². The van der Waals surface area contributed by atoms with Gasteiger partial charge in [0, 0.05) is 52.0 Å². The highest BCUT2D eigenvalue weighted by Gasteiger charge is 2.34. The fourth-order valence-corrected chi connectivity index (χ4v) is 3.27. The molecule has 154 valence electrons. The molecule has 1 atom stereocenters. The Kier molecular flexibility index (Phi) is 13.6. The van der Waals surface area contributed by atoms with E-state index in [9.17, 15) is 5.11 Å². The van der Waals surface area contributed by atoms with Crippen molar-refractivity contribution in [2.75, 3.05) is 53.2 Å². The molecule has 6 nitrogen and oxygen atoms in total. The van der Waals surface area contributed by atoms with Crippen LogP contribution >= 0.6 is 0 Å². The number of hydrogen-bond acceptors (Lipinski definition) is 4. The number of aliphatic hydroxyl groups is 1. The van der Waals surface area contributed by atoms with Gasteiger partial charge in [0.25, 0.3) is 0 Å². The molecule has 3 N–H and O–H groups in total. The third kappa shape index (κ3) is 10.3. The molecule has 0 spiro atoms. The van der Waals surface area contributed by atoms with Gasteiger partial charge in [0.05, 0.1) is 6.61 Å². The van der Waals surface area contributed by atoms with E-state index in [2.05, 4.69) is 22.5 Å². The van der Waals surface area contributed by atoms with Crippen LogP contribution in [0, 0.1) is 5.41 Å². The number of unbranched alkanes of at least 4 members (excludes halogenated alkanes) is 5. The Morgan fingerprint density at radius 2 is 1.88 bits per heavy atom. The number of nitrogens with zero attached hydrogens (tertiary/aromatic N) is 1. The third-order valence-electron chi connectivity index (χ3n) is 5.08. The zero-order chi connectivity index (χ0) is 18.9. The third-order valence-corrected chi connectivity index (χ3v) is 5.08. The van der Waals surface area contributed by atoms with Crippen LogP contribution in [0.4, 0.5) is 0 Å². The maximum absolute atomic E-state index is 9.29. The SMILES string of the molecule is CCCCCCCCOCCCNC(=NC)NCC1(CCO)CCOC1. The second-order valence-corrected chi connectivity index (χ2v) is 7.36. The molecule has 1 heterocycles. The predicted octanol–water partition coefficient (Wildman–Crippen LogP) is 2.71. The minimum Gasteiger partial charge on any atom is -0.396 e. The van der Waals surface area contributed by atoms with Gasteiger partial charge in [-0.3, -0.25) is 4.99 Å². The van der Waals surface area contributed by atoms with Crippen molar-refractivity contribution in [1.82, 2.24) is 10.6 Å². The molecule has 1 unspecified atom stereocenters. The predicted molar refractivity (Wildman–Crippen MR) is 108 cm³/mol. The highest BCUT2D eigenvalue weighted by Crippen LogP contribution is 2.31. The van der Waals surface area contributed by atoms with Crippen molar-refractivity contribution in [3.05, 3.63) is 0 Å². The summed E-state index contributed by atoms with van der Waals surface area (Å²) in [5.74, 6) is 0.810. The molecule has 1 aliphatic rings. The van der Waals surface area contributed by atoms with E-state index < -0.39 is 0 Å². The van der Waals surface area contributed by atoms with Crippen LogP contribution in [0.25, 0.3) is 0 Å². The van der Waals surface area contributed by atoms with Crippen molar-refractivity contribution >= 4 is 5.96 Å². The molecule has 6 heteroatoms. The number of guanidine groups is 1. The minimum atomic E-state index is 0.0343. The largest absolute Gasteiger partial charge is 0.396 e. The van der Waals surface area contributed by atoms with Crippen LogP contribution in [-0.2, 0) is 9.47 Å².